The maximum absolute atomic E-state index is 2.32. The van der Waals surface area contributed by atoms with Crippen molar-refractivity contribution in [1.29, 1.82) is 0 Å². The molecule has 0 unspecified atom stereocenters. The van der Waals surface area contributed by atoms with Crippen LogP contribution in [0.2, 0.25) is 0 Å². The first-order valence-electron chi connectivity index (χ1n) is 40.8. The molecule has 6 heteroatoms. The quantitative estimate of drug-likeness (QED) is 0.156. The van der Waals surface area contributed by atoms with Crippen LogP contribution >= 0.6 is 68.0 Å². The molecule has 6 aromatic heterocycles. The SMILES string of the molecule is Cc1ccc(-c2ccc3c(c2)sc2ccccc23)cc1.Cc1ccc(-c2cccc3sc4ccccc4c23)cc1.Cc1cccc(-c2ccc3c(c2)sc2ccccc23)c1.Cc1cccc(-c2cccc3sc4ccccc4c23)c1.Cc1cccc2c1sc1c(-c3ccccc3)cccc12.Cc1ccccc1-c1ccc2c(c1)sc1ccccc12. The lowest BCUT2D eigenvalue weighted by molar-refractivity contribution is 1.46. The highest BCUT2D eigenvalue weighted by molar-refractivity contribution is 7.28. The van der Waals surface area contributed by atoms with Gasteiger partial charge in [-0.1, -0.05) is 362 Å². The van der Waals surface area contributed by atoms with E-state index in [0.717, 1.165) is 0 Å². The monoisotopic (exact) mass is 1640 g/mol. The highest BCUT2D eigenvalue weighted by Gasteiger charge is 2.16. The molecule has 0 aliphatic carbocycles. The summed E-state index contributed by atoms with van der Waals surface area (Å²) in [5, 5.41) is 16.4. The Morgan fingerprint density at radius 1 is 0.142 bits per heavy atom. The molecule has 576 valence electrons. The molecule has 0 fully saturated rings. The van der Waals surface area contributed by atoms with Crippen molar-refractivity contribution in [3.8, 4) is 66.8 Å². The molecule has 0 radical (unpaired) electrons. The van der Waals surface area contributed by atoms with Gasteiger partial charge in [0.05, 0.1) is 0 Å². The molecule has 0 aliphatic rings. The van der Waals surface area contributed by atoms with Gasteiger partial charge in [-0.05, 0) is 180 Å². The largest absolute Gasteiger partial charge is 0.135 e. The van der Waals surface area contributed by atoms with Gasteiger partial charge < -0.3 is 0 Å². The average Bonchev–Trinajstić information content (AvgIpc) is 1.68. The van der Waals surface area contributed by atoms with Crippen LogP contribution in [0.25, 0.3) is 188 Å². The number of thiophene rings is 6. The van der Waals surface area contributed by atoms with Gasteiger partial charge in [-0.3, -0.25) is 0 Å². The molecule has 6 heterocycles. The zero-order valence-corrected chi connectivity index (χ0v) is 72.5. The van der Waals surface area contributed by atoms with Crippen LogP contribution in [0, 0.1) is 41.5 Å². The van der Waals surface area contributed by atoms with Gasteiger partial charge in [-0.15, -0.1) is 68.0 Å². The summed E-state index contributed by atoms with van der Waals surface area (Å²) < 4.78 is 16.5. The van der Waals surface area contributed by atoms with Crippen molar-refractivity contribution in [2.75, 3.05) is 0 Å². The van der Waals surface area contributed by atoms with E-state index in [1.54, 1.807) is 0 Å². The van der Waals surface area contributed by atoms with Gasteiger partial charge in [0, 0.05) is 121 Å². The topological polar surface area (TPSA) is 0 Å². The summed E-state index contributed by atoms with van der Waals surface area (Å²) in [4.78, 5) is 0. The molecular weight excluding hydrogens is 1560 g/mol. The minimum absolute atomic E-state index is 1.29. The molecular formula is C114H84S6. The first-order chi connectivity index (χ1) is 58.9. The lowest BCUT2D eigenvalue weighted by Gasteiger charge is -2.05. The summed E-state index contributed by atoms with van der Waals surface area (Å²) in [5.74, 6) is 0. The van der Waals surface area contributed by atoms with Crippen molar-refractivity contribution in [1.82, 2.24) is 0 Å². The van der Waals surface area contributed by atoms with E-state index in [1.807, 2.05) is 68.0 Å². The summed E-state index contributed by atoms with van der Waals surface area (Å²) in [6.45, 7) is 12.9. The van der Waals surface area contributed by atoms with Gasteiger partial charge in [0.25, 0.3) is 0 Å². The molecule has 24 aromatic rings. The molecule has 120 heavy (non-hydrogen) atoms. The summed E-state index contributed by atoms with van der Waals surface area (Å²) in [5.41, 5.74) is 23.6. The summed E-state index contributed by atoms with van der Waals surface area (Å²) in [7, 11) is 0. The Bertz CT molecular complexity index is 7850. The molecule has 18 aromatic carbocycles. The predicted molar refractivity (Wildman–Crippen MR) is 537 cm³/mol. The Balaban J connectivity index is 0.0000000952. The van der Waals surface area contributed by atoms with Crippen LogP contribution in [-0.4, -0.2) is 0 Å². The van der Waals surface area contributed by atoms with Crippen molar-refractivity contribution in [2.45, 2.75) is 41.5 Å². The molecule has 24 rings (SSSR count). The standard InChI is InChI=1S/6C19H14S/c1-13-6-4-7-14(12-13)15-9-5-11-18-19(15)16-8-2-3-10-17(16)20-18;1-13-5-4-6-14(11-13)15-9-10-17-16-7-2-3-8-18(16)20-19(17)12-15;1-13-6-2-3-7-15(13)14-10-11-17-16-8-4-5-9-18(16)20-19(17)12-14;1-13-9-11-14(12-10-13)15-6-4-8-18-19(15)16-5-2-3-7-17(16)20-18;1-13-7-5-11-16-17-12-6-10-15(19(17)20-18(13)16)14-8-3-2-4-9-14;1-13-6-8-14(9-7-13)15-10-11-17-16-4-2-3-5-18(16)20-19(17)12-15/h6*2-12H,1H3. The smallest absolute Gasteiger partial charge is 0.0433 e. The van der Waals surface area contributed by atoms with Crippen LogP contribution in [-0.2, 0) is 0 Å². The minimum atomic E-state index is 1.29. The fraction of sp³-hybridized carbons (Fsp3) is 0.0526. The zero-order valence-electron chi connectivity index (χ0n) is 67.6. The van der Waals surface area contributed by atoms with Gasteiger partial charge in [0.15, 0.2) is 0 Å². The van der Waals surface area contributed by atoms with Crippen molar-refractivity contribution >= 4 is 189 Å². The van der Waals surface area contributed by atoms with E-state index >= 15 is 0 Å². The van der Waals surface area contributed by atoms with Gasteiger partial charge >= 0.3 is 0 Å². The van der Waals surface area contributed by atoms with Crippen LogP contribution < -0.4 is 0 Å². The van der Waals surface area contributed by atoms with Crippen LogP contribution in [0.3, 0.4) is 0 Å². The molecule has 0 saturated heterocycles. The number of hydrogen-bond acceptors (Lipinski definition) is 6. The number of hydrogen-bond donors (Lipinski definition) is 0. The lowest BCUT2D eigenvalue weighted by atomic mass is 9.98. The fourth-order valence-electron chi connectivity index (χ4n) is 16.6. The number of rotatable bonds is 6. The summed E-state index contributed by atoms with van der Waals surface area (Å²) in [6, 6.07) is 144. The third-order valence-corrected chi connectivity index (χ3v) is 29.7. The second kappa shape index (κ2) is 34.3. The van der Waals surface area contributed by atoms with Crippen LogP contribution in [0.1, 0.15) is 33.4 Å². The molecule has 0 saturated carbocycles. The second-order valence-corrected chi connectivity index (χ2v) is 37.3. The van der Waals surface area contributed by atoms with Crippen molar-refractivity contribution < 1.29 is 0 Å². The van der Waals surface area contributed by atoms with Crippen molar-refractivity contribution in [2.24, 2.45) is 0 Å². The van der Waals surface area contributed by atoms with Crippen LogP contribution in [0.15, 0.2) is 400 Å². The average molecular weight is 1650 g/mol. The van der Waals surface area contributed by atoms with Crippen LogP contribution in [0.4, 0.5) is 0 Å². The van der Waals surface area contributed by atoms with E-state index in [1.165, 1.54) is 221 Å². The van der Waals surface area contributed by atoms with Gasteiger partial charge in [0.2, 0.25) is 0 Å². The third kappa shape index (κ3) is 15.9. The Hall–Kier alpha value is -12.7. The van der Waals surface area contributed by atoms with Gasteiger partial charge in [0.1, 0.15) is 0 Å². The molecule has 0 aliphatic heterocycles. The highest BCUT2D eigenvalue weighted by Crippen LogP contribution is 2.46. The van der Waals surface area contributed by atoms with E-state index < -0.39 is 0 Å². The first-order valence-corrected chi connectivity index (χ1v) is 45.7. The Morgan fingerprint density at radius 3 is 0.967 bits per heavy atom. The number of benzene rings is 18. The molecule has 0 spiro atoms. The fourth-order valence-corrected chi connectivity index (χ4v) is 23.6. The van der Waals surface area contributed by atoms with Crippen LogP contribution in [0.5, 0.6) is 0 Å². The summed E-state index contributed by atoms with van der Waals surface area (Å²) in [6.07, 6.45) is 0. The second-order valence-electron chi connectivity index (χ2n) is 30.9. The highest BCUT2D eigenvalue weighted by atomic mass is 32.1. The minimum Gasteiger partial charge on any atom is -0.135 e. The van der Waals surface area contributed by atoms with E-state index in [-0.39, 0.29) is 0 Å². The number of aryl methyl sites for hydroxylation is 6. The zero-order chi connectivity index (χ0) is 81.2. The maximum Gasteiger partial charge on any atom is 0.0433 e. The predicted octanol–water partition coefficient (Wildman–Crippen LogP) is 36.2. The summed E-state index contributed by atoms with van der Waals surface area (Å²) >= 11 is 11.3. The van der Waals surface area contributed by atoms with Crippen molar-refractivity contribution in [3.05, 3.63) is 434 Å². The van der Waals surface area contributed by atoms with E-state index in [9.17, 15) is 0 Å². The van der Waals surface area contributed by atoms with E-state index in [2.05, 4.69) is 442 Å². The number of fused-ring (bicyclic) bond motifs is 18. The van der Waals surface area contributed by atoms with Gasteiger partial charge in [-0.25, -0.2) is 0 Å². The third-order valence-electron chi connectivity index (χ3n) is 22.6. The van der Waals surface area contributed by atoms with E-state index in [0.29, 0.717) is 0 Å². The van der Waals surface area contributed by atoms with Gasteiger partial charge in [-0.2, -0.15) is 0 Å². The maximum atomic E-state index is 2.32. The molecule has 0 N–H and O–H groups in total. The van der Waals surface area contributed by atoms with E-state index in [4.69, 9.17) is 0 Å². The molecule has 0 nitrogen and oxygen atoms in total. The lowest BCUT2D eigenvalue weighted by Crippen LogP contribution is -1.81. The molecule has 0 bridgehead atoms. The molecule has 0 amide bonds. The first kappa shape index (κ1) is 77.2. The normalized spacial score (nSPS) is 11.2. The Kier molecular flexibility index (Phi) is 22.1. The Morgan fingerprint density at radius 2 is 0.442 bits per heavy atom. The molecule has 0 atom stereocenters. The van der Waals surface area contributed by atoms with Crippen molar-refractivity contribution in [3.63, 3.8) is 0 Å². The Labute approximate surface area is 724 Å².